The van der Waals surface area contributed by atoms with E-state index in [0.29, 0.717) is 11.0 Å². The summed E-state index contributed by atoms with van der Waals surface area (Å²) in [5.74, 6) is 0. The molecule has 0 aliphatic carbocycles. The fourth-order valence-corrected chi connectivity index (χ4v) is 3.34. The van der Waals surface area contributed by atoms with Crippen molar-refractivity contribution in [2.45, 2.75) is 78.7 Å². The minimum atomic E-state index is 0.366. The van der Waals surface area contributed by atoms with E-state index in [-0.39, 0.29) is 0 Å². The molecule has 0 N–H and O–H groups in total. The van der Waals surface area contributed by atoms with Gasteiger partial charge in [-0.25, -0.2) is 0 Å². The molecule has 1 rings (SSSR count). The summed E-state index contributed by atoms with van der Waals surface area (Å²) in [6.07, 6.45) is 8.45. The molecule has 1 aliphatic rings. The van der Waals surface area contributed by atoms with Gasteiger partial charge >= 0.3 is 0 Å². The second-order valence-corrected chi connectivity index (χ2v) is 6.66. The summed E-state index contributed by atoms with van der Waals surface area (Å²) < 4.78 is 0. The van der Waals surface area contributed by atoms with Crippen LogP contribution in [0, 0.1) is 5.41 Å². The van der Waals surface area contributed by atoms with Gasteiger partial charge in [0, 0.05) is 5.54 Å². The molecule has 1 saturated heterocycles. The Balaban J connectivity index is 2.55. The number of rotatable bonds is 4. The highest BCUT2D eigenvalue weighted by Gasteiger charge is 2.35. The average Bonchev–Trinajstić information content (AvgIpc) is 2.17. The molecule has 16 heavy (non-hydrogen) atoms. The van der Waals surface area contributed by atoms with Crippen LogP contribution in [0.25, 0.3) is 0 Å². The van der Waals surface area contributed by atoms with Gasteiger partial charge in [0.2, 0.25) is 0 Å². The lowest BCUT2D eigenvalue weighted by molar-refractivity contribution is 0.0323. The van der Waals surface area contributed by atoms with E-state index in [4.69, 9.17) is 0 Å². The normalized spacial score (nSPS) is 22.3. The first-order valence-electron chi connectivity index (χ1n) is 7.18. The summed E-state index contributed by atoms with van der Waals surface area (Å²) in [5.41, 5.74) is 1.05. The molecular weight excluding hydrogens is 194 g/mol. The van der Waals surface area contributed by atoms with E-state index < -0.39 is 0 Å². The fourth-order valence-electron chi connectivity index (χ4n) is 3.34. The van der Waals surface area contributed by atoms with Crippen molar-refractivity contribution < 1.29 is 0 Å². The summed E-state index contributed by atoms with van der Waals surface area (Å²) in [5, 5.41) is 0. The maximum atomic E-state index is 2.66. The summed E-state index contributed by atoms with van der Waals surface area (Å²) in [7, 11) is 0. The van der Waals surface area contributed by atoms with Gasteiger partial charge in [0.15, 0.2) is 0 Å². The summed E-state index contributed by atoms with van der Waals surface area (Å²) in [6, 6.07) is 0. The highest BCUT2D eigenvalue weighted by molar-refractivity contribution is 4.89. The van der Waals surface area contributed by atoms with Crippen molar-refractivity contribution in [1.29, 1.82) is 0 Å². The molecule has 0 spiro atoms. The Bertz CT molecular complexity index is 186. The molecule has 0 amide bonds. The lowest BCUT2D eigenvalue weighted by Gasteiger charge is -2.47. The third-order valence-electron chi connectivity index (χ3n) is 4.33. The van der Waals surface area contributed by atoms with Gasteiger partial charge in [0.1, 0.15) is 0 Å². The maximum absolute atomic E-state index is 2.66. The van der Waals surface area contributed by atoms with Gasteiger partial charge in [-0.3, -0.25) is 4.90 Å². The molecule has 0 saturated carbocycles. The Kier molecular flexibility index (Phi) is 4.85. The molecule has 0 aromatic rings. The van der Waals surface area contributed by atoms with Gasteiger partial charge in [-0.15, -0.1) is 0 Å². The van der Waals surface area contributed by atoms with E-state index in [1.807, 2.05) is 0 Å². The number of piperidine rings is 1. The van der Waals surface area contributed by atoms with Crippen molar-refractivity contribution in [3.05, 3.63) is 0 Å². The third kappa shape index (κ3) is 3.48. The van der Waals surface area contributed by atoms with Crippen molar-refractivity contribution in [2.75, 3.05) is 13.1 Å². The molecule has 1 fully saturated rings. The van der Waals surface area contributed by atoms with Crippen molar-refractivity contribution in [2.24, 2.45) is 5.41 Å². The first kappa shape index (κ1) is 14.0. The summed E-state index contributed by atoms with van der Waals surface area (Å²) >= 11 is 0. The zero-order valence-electron chi connectivity index (χ0n) is 12.1. The largest absolute Gasteiger partial charge is 0.298 e. The molecule has 1 heterocycles. The van der Waals surface area contributed by atoms with Crippen LogP contribution in [0.2, 0.25) is 0 Å². The molecule has 1 nitrogen and oxygen atoms in total. The maximum Gasteiger partial charge on any atom is 0.0125 e. The van der Waals surface area contributed by atoms with Crippen molar-refractivity contribution in [1.82, 2.24) is 4.90 Å². The van der Waals surface area contributed by atoms with E-state index >= 15 is 0 Å². The van der Waals surface area contributed by atoms with E-state index in [1.165, 1.54) is 51.6 Å². The van der Waals surface area contributed by atoms with Crippen LogP contribution in [0.1, 0.15) is 73.1 Å². The van der Waals surface area contributed by atoms with E-state index in [2.05, 4.69) is 39.5 Å². The highest BCUT2D eigenvalue weighted by Crippen LogP contribution is 2.41. The van der Waals surface area contributed by atoms with Crippen LogP contribution in [0.15, 0.2) is 0 Å². The minimum absolute atomic E-state index is 0.366. The predicted molar refractivity (Wildman–Crippen MR) is 72.8 cm³/mol. The molecule has 96 valence electrons. The Labute approximate surface area is 103 Å². The molecule has 0 atom stereocenters. The number of hydrogen-bond donors (Lipinski definition) is 0. The average molecular weight is 225 g/mol. The Morgan fingerprint density at radius 1 is 0.938 bits per heavy atom. The van der Waals surface area contributed by atoms with Crippen molar-refractivity contribution >= 4 is 0 Å². The van der Waals surface area contributed by atoms with Gasteiger partial charge in [0.25, 0.3) is 0 Å². The van der Waals surface area contributed by atoms with Crippen LogP contribution in [-0.2, 0) is 0 Å². The molecular formula is C15H31N. The second kappa shape index (κ2) is 5.53. The molecule has 0 radical (unpaired) electrons. The lowest BCUT2D eigenvalue weighted by atomic mass is 9.71. The van der Waals surface area contributed by atoms with Crippen LogP contribution >= 0.6 is 0 Å². The van der Waals surface area contributed by atoms with Gasteiger partial charge in [-0.2, -0.15) is 0 Å². The predicted octanol–water partition coefficient (Wildman–Crippen LogP) is 4.47. The van der Waals surface area contributed by atoms with E-state index in [1.54, 1.807) is 0 Å². The number of nitrogens with zero attached hydrogens (tertiary/aromatic N) is 1. The van der Waals surface area contributed by atoms with Crippen LogP contribution in [0.4, 0.5) is 0 Å². The van der Waals surface area contributed by atoms with E-state index in [0.717, 1.165) is 0 Å². The topological polar surface area (TPSA) is 3.24 Å². The van der Waals surface area contributed by atoms with Crippen LogP contribution in [0.3, 0.4) is 0 Å². The zero-order chi connectivity index (χ0) is 12.2. The monoisotopic (exact) mass is 225 g/mol. The standard InChI is InChI=1S/C15H31N/c1-6-8-15(9-7-2)10-12-16(13-11-15)14(3,4)5/h6-13H2,1-5H3. The lowest BCUT2D eigenvalue weighted by Crippen LogP contribution is -2.49. The number of likely N-dealkylation sites (tertiary alicyclic amines) is 1. The Morgan fingerprint density at radius 3 is 1.69 bits per heavy atom. The summed E-state index contributed by atoms with van der Waals surface area (Å²) in [6.45, 7) is 14.3. The first-order valence-corrected chi connectivity index (χ1v) is 7.18. The summed E-state index contributed by atoms with van der Waals surface area (Å²) in [4.78, 5) is 2.66. The molecule has 0 aromatic carbocycles. The van der Waals surface area contributed by atoms with Crippen molar-refractivity contribution in [3.63, 3.8) is 0 Å². The zero-order valence-corrected chi connectivity index (χ0v) is 12.1. The van der Waals surface area contributed by atoms with Crippen LogP contribution in [-0.4, -0.2) is 23.5 Å². The van der Waals surface area contributed by atoms with E-state index in [9.17, 15) is 0 Å². The number of hydrogen-bond acceptors (Lipinski definition) is 1. The molecule has 0 unspecified atom stereocenters. The molecule has 0 bridgehead atoms. The van der Waals surface area contributed by atoms with Gasteiger partial charge in [-0.1, -0.05) is 26.7 Å². The van der Waals surface area contributed by atoms with Crippen molar-refractivity contribution in [3.8, 4) is 0 Å². The Hall–Kier alpha value is -0.0400. The first-order chi connectivity index (χ1) is 7.43. The molecule has 1 heteroatoms. The Morgan fingerprint density at radius 2 is 1.38 bits per heavy atom. The van der Waals surface area contributed by atoms with Crippen LogP contribution < -0.4 is 0 Å². The van der Waals surface area contributed by atoms with Gasteiger partial charge < -0.3 is 0 Å². The smallest absolute Gasteiger partial charge is 0.0125 e. The molecule has 0 aromatic heterocycles. The quantitative estimate of drug-likeness (QED) is 0.682. The fraction of sp³-hybridized carbons (Fsp3) is 1.00. The third-order valence-corrected chi connectivity index (χ3v) is 4.33. The second-order valence-electron chi connectivity index (χ2n) is 6.66. The minimum Gasteiger partial charge on any atom is -0.298 e. The van der Waals surface area contributed by atoms with Crippen LogP contribution in [0.5, 0.6) is 0 Å². The van der Waals surface area contributed by atoms with Gasteiger partial charge in [-0.05, 0) is 65.0 Å². The van der Waals surface area contributed by atoms with Gasteiger partial charge in [0.05, 0.1) is 0 Å². The SMILES string of the molecule is CCCC1(CCC)CCN(C(C)(C)C)CC1. The molecule has 1 aliphatic heterocycles. The highest BCUT2D eigenvalue weighted by atomic mass is 15.2.